The molecule has 0 atom stereocenters. The zero-order valence-corrected chi connectivity index (χ0v) is 22.7. The number of carbonyl (C=O) groups excluding carboxylic acids is 2. The van der Waals surface area contributed by atoms with Crippen LogP contribution in [0.1, 0.15) is 55.2 Å². The fraction of sp³-hybridized carbons (Fsp3) is 0.240. The summed E-state index contributed by atoms with van der Waals surface area (Å²) in [6.07, 6.45) is -1.20. The van der Waals surface area contributed by atoms with E-state index in [2.05, 4.69) is 20.5 Å². The van der Waals surface area contributed by atoms with Gasteiger partial charge in [-0.1, -0.05) is 11.6 Å². The minimum Gasteiger partial charge on any atom is -0.454 e. The molecule has 2 amide bonds. The van der Waals surface area contributed by atoms with Gasteiger partial charge in [0.2, 0.25) is 0 Å². The van der Waals surface area contributed by atoms with Crippen LogP contribution in [-0.4, -0.2) is 36.4 Å². The zero-order chi connectivity index (χ0) is 28.2. The van der Waals surface area contributed by atoms with Crippen LogP contribution in [0.2, 0.25) is 5.02 Å². The largest absolute Gasteiger partial charge is 0.454 e. The average Bonchev–Trinajstić information content (AvgIpc) is 3.62. The first-order valence-electron chi connectivity index (χ1n) is 11.6. The summed E-state index contributed by atoms with van der Waals surface area (Å²) < 4.78 is 36.4. The number of halogens is 3. The van der Waals surface area contributed by atoms with Crippen molar-refractivity contribution in [1.82, 2.24) is 24.5 Å². The first-order chi connectivity index (χ1) is 18.4. The maximum Gasteiger partial charge on any atom is 0.291 e. The number of fused-ring (bicyclic) bond motifs is 1. The summed E-state index contributed by atoms with van der Waals surface area (Å²) in [6, 6.07) is 4.34. The number of hydrogen-bond acceptors (Lipinski definition) is 7. The molecule has 202 valence electrons. The Balaban J connectivity index is 1.57. The van der Waals surface area contributed by atoms with Gasteiger partial charge in [0.25, 0.3) is 18.2 Å². The summed E-state index contributed by atoms with van der Waals surface area (Å²) in [5, 5.41) is 12.2. The molecular formula is C25H22ClF2N7O3S. The van der Waals surface area contributed by atoms with Gasteiger partial charge in [-0.2, -0.15) is 10.2 Å². The van der Waals surface area contributed by atoms with Crippen molar-refractivity contribution < 1.29 is 22.8 Å². The molecule has 10 nitrogen and oxygen atoms in total. The number of nitrogens with two attached hydrogens (primary N) is 1. The lowest BCUT2D eigenvalue weighted by molar-refractivity contribution is 0.0994. The predicted molar refractivity (Wildman–Crippen MR) is 143 cm³/mol. The molecule has 5 aromatic heterocycles. The van der Waals surface area contributed by atoms with Crippen LogP contribution < -0.4 is 11.1 Å². The molecule has 0 aliphatic rings. The summed E-state index contributed by atoms with van der Waals surface area (Å²) in [7, 11) is 1.70. The fourth-order valence-electron chi connectivity index (χ4n) is 4.34. The van der Waals surface area contributed by atoms with Gasteiger partial charge in [0, 0.05) is 24.2 Å². The number of primary amides is 1. The quantitative estimate of drug-likeness (QED) is 0.268. The Bertz CT molecular complexity index is 1770. The molecule has 0 saturated carbocycles. The molecule has 0 spiro atoms. The zero-order valence-electron chi connectivity index (χ0n) is 21.2. The molecule has 5 aromatic rings. The molecule has 14 heteroatoms. The van der Waals surface area contributed by atoms with Crippen LogP contribution in [0.3, 0.4) is 0 Å². The standard InChI is InChI=1S/C25H22ClF2N7O3S/c1-10-15(9-34(4)32-10)14-7-16(22(27)28)30-25-18(14)20(21(39-25)23(29)36)31-24(37)17-6-5-13(38-17)8-35-12(3)19(26)11(2)33-35/h5-7,9,22H,8H2,1-4H3,(H2,29,36)(H,31,37). The molecule has 0 aliphatic carbocycles. The number of pyridine rings is 1. The second kappa shape index (κ2) is 9.89. The van der Waals surface area contributed by atoms with Gasteiger partial charge in [0.1, 0.15) is 21.2 Å². The number of anilines is 1. The molecule has 39 heavy (non-hydrogen) atoms. The van der Waals surface area contributed by atoms with Crippen LogP contribution in [0, 0.1) is 20.8 Å². The normalized spacial score (nSPS) is 11.6. The second-order valence-electron chi connectivity index (χ2n) is 8.91. The van der Waals surface area contributed by atoms with Crippen LogP contribution >= 0.6 is 22.9 Å². The third-order valence-electron chi connectivity index (χ3n) is 6.16. The lowest BCUT2D eigenvalue weighted by Crippen LogP contribution is -2.16. The van der Waals surface area contributed by atoms with Crippen LogP contribution in [0.15, 0.2) is 28.8 Å². The van der Waals surface area contributed by atoms with E-state index in [1.54, 1.807) is 42.5 Å². The van der Waals surface area contributed by atoms with E-state index >= 15 is 0 Å². The van der Waals surface area contributed by atoms with E-state index < -0.39 is 23.9 Å². The van der Waals surface area contributed by atoms with Crippen molar-refractivity contribution in [2.24, 2.45) is 12.8 Å². The highest BCUT2D eigenvalue weighted by Gasteiger charge is 2.27. The van der Waals surface area contributed by atoms with E-state index in [-0.39, 0.29) is 27.7 Å². The van der Waals surface area contributed by atoms with Gasteiger partial charge in [0.15, 0.2) is 5.76 Å². The van der Waals surface area contributed by atoms with Crippen LogP contribution in [0.5, 0.6) is 0 Å². The minimum atomic E-state index is -2.86. The minimum absolute atomic E-state index is 0.0378. The highest BCUT2D eigenvalue weighted by atomic mass is 35.5. The summed E-state index contributed by atoms with van der Waals surface area (Å²) in [4.78, 5) is 29.8. The van der Waals surface area contributed by atoms with E-state index in [0.717, 1.165) is 17.0 Å². The highest BCUT2D eigenvalue weighted by molar-refractivity contribution is 7.21. The Morgan fingerprint density at radius 2 is 1.92 bits per heavy atom. The van der Waals surface area contributed by atoms with E-state index in [9.17, 15) is 18.4 Å². The van der Waals surface area contributed by atoms with E-state index in [0.29, 0.717) is 38.7 Å². The Morgan fingerprint density at radius 1 is 1.18 bits per heavy atom. The molecule has 0 fully saturated rings. The lowest BCUT2D eigenvalue weighted by atomic mass is 10.0. The number of furan rings is 1. The molecule has 0 bridgehead atoms. The molecular weight excluding hydrogens is 552 g/mol. The van der Waals surface area contributed by atoms with Gasteiger partial charge in [0.05, 0.1) is 34.3 Å². The molecule has 5 heterocycles. The van der Waals surface area contributed by atoms with Crippen molar-refractivity contribution in [3.05, 3.63) is 68.6 Å². The van der Waals surface area contributed by atoms with E-state index in [4.69, 9.17) is 21.8 Å². The Morgan fingerprint density at radius 3 is 2.51 bits per heavy atom. The van der Waals surface area contributed by atoms with Gasteiger partial charge in [-0.3, -0.25) is 19.0 Å². The molecule has 0 aromatic carbocycles. The smallest absolute Gasteiger partial charge is 0.291 e. The number of nitrogens with zero attached hydrogens (tertiary/aromatic N) is 5. The average molecular weight is 574 g/mol. The third-order valence-corrected chi connectivity index (χ3v) is 7.80. The van der Waals surface area contributed by atoms with Crippen LogP contribution in [-0.2, 0) is 13.6 Å². The van der Waals surface area contributed by atoms with Gasteiger partial charge < -0.3 is 15.5 Å². The molecule has 0 unspecified atom stereocenters. The van der Waals surface area contributed by atoms with Crippen molar-refractivity contribution in [3.63, 3.8) is 0 Å². The number of alkyl halides is 2. The maximum absolute atomic E-state index is 13.7. The highest BCUT2D eigenvalue weighted by Crippen LogP contribution is 2.43. The summed E-state index contributed by atoms with van der Waals surface area (Å²) in [6.45, 7) is 5.57. The molecule has 0 radical (unpaired) electrons. The van der Waals surface area contributed by atoms with Crippen LogP contribution in [0.25, 0.3) is 21.3 Å². The fourth-order valence-corrected chi connectivity index (χ4v) is 5.48. The van der Waals surface area contributed by atoms with Gasteiger partial charge >= 0.3 is 0 Å². The van der Waals surface area contributed by atoms with Gasteiger partial charge in [-0.15, -0.1) is 11.3 Å². The number of hydrogen-bond donors (Lipinski definition) is 2. The van der Waals surface area contributed by atoms with Crippen LogP contribution in [0.4, 0.5) is 14.5 Å². The number of nitrogens with one attached hydrogen (secondary N) is 1. The number of aryl methyl sites for hydroxylation is 3. The number of amides is 2. The third kappa shape index (κ3) is 4.79. The van der Waals surface area contributed by atoms with E-state index in [1.165, 1.54) is 12.1 Å². The molecule has 3 N–H and O–H groups in total. The topological polar surface area (TPSA) is 134 Å². The Kier molecular flexibility index (Phi) is 6.72. The maximum atomic E-state index is 13.7. The first kappa shape index (κ1) is 26.5. The number of rotatable bonds is 7. The molecule has 0 saturated heterocycles. The monoisotopic (exact) mass is 573 g/mol. The van der Waals surface area contributed by atoms with Crippen molar-refractivity contribution in [2.45, 2.75) is 33.7 Å². The molecule has 5 rings (SSSR count). The van der Waals surface area contributed by atoms with Crippen molar-refractivity contribution in [2.75, 3.05) is 5.32 Å². The Labute approximate surface area is 229 Å². The summed E-state index contributed by atoms with van der Waals surface area (Å²) >= 11 is 7.03. The number of thiophene rings is 1. The number of carbonyl (C=O) groups is 2. The van der Waals surface area contributed by atoms with E-state index in [1.807, 2.05) is 6.92 Å². The van der Waals surface area contributed by atoms with Crippen molar-refractivity contribution in [1.29, 1.82) is 0 Å². The summed E-state index contributed by atoms with van der Waals surface area (Å²) in [5.74, 6) is -1.10. The SMILES string of the molecule is Cc1nn(C)cc1-c1cc(C(F)F)nc2sc(C(N)=O)c(NC(=O)c3ccc(Cn4nc(C)c(Cl)c4C)o3)c12. The predicted octanol–water partition coefficient (Wildman–Crippen LogP) is 5.40. The first-order valence-corrected chi connectivity index (χ1v) is 12.8. The number of aromatic nitrogens is 5. The van der Waals surface area contributed by atoms with Crippen molar-refractivity contribution >= 4 is 50.7 Å². The molecule has 0 aliphatic heterocycles. The Hall–Kier alpha value is -4.10. The second-order valence-corrected chi connectivity index (χ2v) is 10.3. The van der Waals surface area contributed by atoms with Crippen molar-refractivity contribution in [3.8, 4) is 11.1 Å². The summed E-state index contributed by atoms with van der Waals surface area (Å²) in [5.41, 5.74) is 8.06. The van der Waals surface area contributed by atoms with Gasteiger partial charge in [-0.25, -0.2) is 13.8 Å². The lowest BCUT2D eigenvalue weighted by Gasteiger charge is -2.10. The van der Waals surface area contributed by atoms with Gasteiger partial charge in [-0.05, 0) is 44.5 Å².